The molecule has 210 valence electrons. The monoisotopic (exact) mass is 537 g/mol. The van der Waals surface area contributed by atoms with Crippen molar-refractivity contribution < 1.29 is 33.3 Å². The first kappa shape index (κ1) is 30.9. The fraction of sp³-hybridized carbons (Fsp3) is 0.517. The van der Waals surface area contributed by atoms with Gasteiger partial charge in [-0.2, -0.15) is 0 Å². The minimum absolute atomic E-state index is 0.0802. The van der Waals surface area contributed by atoms with Gasteiger partial charge in [0.2, 0.25) is 0 Å². The van der Waals surface area contributed by atoms with Crippen LogP contribution in [0.2, 0.25) is 0 Å². The molecule has 2 aliphatic rings. The van der Waals surface area contributed by atoms with Crippen molar-refractivity contribution in [2.24, 2.45) is 0 Å². The van der Waals surface area contributed by atoms with Crippen molar-refractivity contribution in [2.45, 2.75) is 97.7 Å². The Balaban J connectivity index is 0.000000218. The first-order chi connectivity index (χ1) is 17.8. The van der Waals surface area contributed by atoms with Crippen molar-refractivity contribution in [3.05, 3.63) is 59.7 Å². The highest BCUT2D eigenvalue weighted by Gasteiger charge is 2.52. The molecule has 0 unspecified atom stereocenters. The third kappa shape index (κ3) is 6.92. The number of carbonyl (C=O) groups is 2. The van der Waals surface area contributed by atoms with Gasteiger partial charge in [0.1, 0.15) is 0 Å². The van der Waals surface area contributed by atoms with E-state index in [2.05, 4.69) is 5.32 Å². The van der Waals surface area contributed by atoms with Crippen molar-refractivity contribution in [3.63, 3.8) is 0 Å². The van der Waals surface area contributed by atoms with E-state index in [1.165, 1.54) is 0 Å². The lowest BCUT2D eigenvalue weighted by Crippen LogP contribution is -2.41. The molecular weight excluding hydrogens is 496 g/mol. The minimum Gasteiger partial charge on any atom is -0.478 e. The zero-order valence-corrected chi connectivity index (χ0v) is 24.7. The average Bonchev–Trinajstić information content (AvgIpc) is 3.18. The fourth-order valence-corrected chi connectivity index (χ4v) is 3.95. The Morgan fingerprint density at radius 2 is 1.05 bits per heavy atom. The molecule has 4 rings (SSSR count). The molecule has 0 bridgehead atoms. The summed E-state index contributed by atoms with van der Waals surface area (Å²) < 4.78 is 23.8. The van der Waals surface area contributed by atoms with E-state index in [0.29, 0.717) is 5.56 Å². The summed E-state index contributed by atoms with van der Waals surface area (Å²) in [5.41, 5.74) is 0.854. The van der Waals surface area contributed by atoms with Crippen LogP contribution in [0.4, 0.5) is 0 Å². The molecule has 2 N–H and O–H groups in total. The van der Waals surface area contributed by atoms with Crippen LogP contribution in [0, 0.1) is 0 Å². The maximum Gasteiger partial charge on any atom is 0.494 e. The molecule has 0 aliphatic carbocycles. The number of nitrogens with one attached hydrogen (secondary N) is 1. The lowest BCUT2D eigenvalue weighted by molar-refractivity contribution is 0.00578. The van der Waals surface area contributed by atoms with Crippen LogP contribution in [0.25, 0.3) is 0 Å². The maximum atomic E-state index is 12.1. The van der Waals surface area contributed by atoms with Crippen molar-refractivity contribution in [3.8, 4) is 0 Å². The van der Waals surface area contributed by atoms with Gasteiger partial charge in [-0.15, -0.1) is 0 Å². The Hall–Kier alpha value is -2.65. The highest BCUT2D eigenvalue weighted by Crippen LogP contribution is 2.37. The van der Waals surface area contributed by atoms with Crippen molar-refractivity contribution >= 4 is 37.0 Å². The topological polar surface area (TPSA) is 103 Å². The number of hydrogen-bond donors (Lipinski definition) is 2. The van der Waals surface area contributed by atoms with E-state index >= 15 is 0 Å². The fourth-order valence-electron chi connectivity index (χ4n) is 3.95. The molecule has 39 heavy (non-hydrogen) atoms. The highest BCUT2D eigenvalue weighted by atomic mass is 16.7. The number of aromatic carboxylic acids is 1. The maximum absolute atomic E-state index is 12.1. The Morgan fingerprint density at radius 3 is 1.41 bits per heavy atom. The third-order valence-electron chi connectivity index (χ3n) is 7.75. The van der Waals surface area contributed by atoms with Crippen LogP contribution >= 0.6 is 0 Å². The molecule has 2 fully saturated rings. The predicted octanol–water partition coefficient (Wildman–Crippen LogP) is 3.81. The van der Waals surface area contributed by atoms with Gasteiger partial charge in [0, 0.05) is 11.6 Å². The van der Waals surface area contributed by atoms with E-state index in [1.54, 1.807) is 24.3 Å². The molecule has 2 aliphatic heterocycles. The molecule has 2 saturated heterocycles. The summed E-state index contributed by atoms with van der Waals surface area (Å²) in [7, 11) is -0.962. The van der Waals surface area contributed by atoms with E-state index in [1.807, 2.05) is 93.5 Å². The SMILES string of the molecule is CC(C)NC(=O)c1cccc(B2OC(C)(C)C(C)(C)O2)c1.CC1(C)OB(c2cccc(C(=O)O)c2)OC1(C)C. The van der Waals surface area contributed by atoms with Crippen molar-refractivity contribution in [1.82, 2.24) is 5.32 Å². The van der Waals surface area contributed by atoms with E-state index in [-0.39, 0.29) is 28.7 Å². The molecule has 10 heteroatoms. The first-order valence-electron chi connectivity index (χ1n) is 13.3. The van der Waals surface area contributed by atoms with Gasteiger partial charge in [-0.1, -0.05) is 24.3 Å². The molecule has 8 nitrogen and oxygen atoms in total. The van der Waals surface area contributed by atoms with Crippen LogP contribution in [-0.4, -0.2) is 59.7 Å². The lowest BCUT2D eigenvalue weighted by Gasteiger charge is -2.32. The number of amides is 1. The Bertz CT molecular complexity index is 1180. The van der Waals surface area contributed by atoms with Crippen LogP contribution in [0.1, 0.15) is 90.0 Å². The Morgan fingerprint density at radius 1 is 0.692 bits per heavy atom. The van der Waals surface area contributed by atoms with E-state index < -0.39 is 31.4 Å². The number of carboxylic acid groups (broad SMARTS) is 1. The molecule has 0 spiro atoms. The molecule has 1 amide bonds. The number of carbonyl (C=O) groups excluding carboxylic acids is 1. The van der Waals surface area contributed by atoms with Gasteiger partial charge in [0.25, 0.3) is 5.91 Å². The standard InChI is InChI=1S/C16H24BNO3.C13H17BO4/c1-11(2)18-14(19)12-8-7-9-13(10-12)17-20-15(3,4)16(5,6)21-17;1-12(2)13(3,4)18-14(17-12)10-7-5-6-9(8-10)11(15)16/h7-11H,1-6H3,(H,18,19);5-8H,1-4H3,(H,15,16). The zero-order valence-electron chi connectivity index (χ0n) is 24.7. The van der Waals surface area contributed by atoms with Gasteiger partial charge in [0.05, 0.1) is 28.0 Å². The van der Waals surface area contributed by atoms with Crippen LogP contribution in [0.3, 0.4) is 0 Å². The van der Waals surface area contributed by atoms with Gasteiger partial charge in [-0.05, 0) is 104 Å². The Kier molecular flexibility index (Phi) is 8.78. The van der Waals surface area contributed by atoms with Gasteiger partial charge in [0.15, 0.2) is 0 Å². The van der Waals surface area contributed by atoms with Crippen LogP contribution in [0.5, 0.6) is 0 Å². The second kappa shape index (κ2) is 11.1. The number of rotatable bonds is 5. The van der Waals surface area contributed by atoms with Gasteiger partial charge in [-0.25, -0.2) is 4.79 Å². The largest absolute Gasteiger partial charge is 0.494 e. The van der Waals surface area contributed by atoms with Crippen molar-refractivity contribution in [1.29, 1.82) is 0 Å². The summed E-state index contributed by atoms with van der Waals surface area (Å²) in [6.45, 7) is 19.8. The zero-order chi connectivity index (χ0) is 29.4. The number of hydrogen-bond acceptors (Lipinski definition) is 6. The molecule has 0 radical (unpaired) electrons. The predicted molar refractivity (Wildman–Crippen MR) is 154 cm³/mol. The quantitative estimate of drug-likeness (QED) is 0.560. The summed E-state index contributed by atoms with van der Waals surface area (Å²) in [5, 5.41) is 11.9. The second-order valence-corrected chi connectivity index (χ2v) is 12.4. The third-order valence-corrected chi connectivity index (χ3v) is 7.75. The smallest absolute Gasteiger partial charge is 0.478 e. The van der Waals surface area contributed by atoms with Gasteiger partial charge in [-0.3, -0.25) is 4.79 Å². The summed E-state index contributed by atoms with van der Waals surface area (Å²) >= 11 is 0. The molecular formula is C29H41B2NO7. The van der Waals surface area contributed by atoms with Gasteiger partial charge < -0.3 is 29.0 Å². The minimum atomic E-state index is -0.951. The second-order valence-electron chi connectivity index (χ2n) is 12.4. The van der Waals surface area contributed by atoms with Crippen LogP contribution < -0.4 is 16.2 Å². The van der Waals surface area contributed by atoms with E-state index in [9.17, 15) is 9.59 Å². The van der Waals surface area contributed by atoms with Crippen LogP contribution in [-0.2, 0) is 18.6 Å². The molecule has 0 atom stereocenters. The molecule has 2 aromatic rings. The Labute approximate surface area is 233 Å². The number of carboxylic acids is 1. The normalized spacial score (nSPS) is 20.4. The summed E-state index contributed by atoms with van der Waals surface area (Å²) in [4.78, 5) is 23.0. The molecule has 2 aromatic carbocycles. The highest BCUT2D eigenvalue weighted by molar-refractivity contribution is 6.62. The summed E-state index contributed by atoms with van der Waals surface area (Å²) in [6.07, 6.45) is 0. The molecule has 0 saturated carbocycles. The van der Waals surface area contributed by atoms with E-state index in [0.717, 1.165) is 10.9 Å². The lowest BCUT2D eigenvalue weighted by atomic mass is 9.78. The van der Waals surface area contributed by atoms with Crippen molar-refractivity contribution in [2.75, 3.05) is 0 Å². The average molecular weight is 537 g/mol. The van der Waals surface area contributed by atoms with Gasteiger partial charge >= 0.3 is 20.2 Å². The number of benzene rings is 2. The van der Waals surface area contributed by atoms with Crippen LogP contribution in [0.15, 0.2) is 48.5 Å². The van der Waals surface area contributed by atoms with E-state index in [4.69, 9.17) is 23.7 Å². The molecule has 0 aromatic heterocycles. The summed E-state index contributed by atoms with van der Waals surface area (Å²) in [5.74, 6) is -1.03. The summed E-state index contributed by atoms with van der Waals surface area (Å²) in [6, 6.07) is 14.2. The molecule has 2 heterocycles. The first-order valence-corrected chi connectivity index (χ1v) is 13.3.